The van der Waals surface area contributed by atoms with E-state index >= 15 is 0 Å². The average Bonchev–Trinajstić information content (AvgIpc) is 3.28. The maximum atomic E-state index is 14.0. The highest BCUT2D eigenvalue weighted by Crippen LogP contribution is 2.43. The molecule has 1 aromatic heterocycles. The van der Waals surface area contributed by atoms with E-state index in [2.05, 4.69) is 20.8 Å². The zero-order valence-electron chi connectivity index (χ0n) is 23.1. The van der Waals surface area contributed by atoms with Gasteiger partial charge in [0.15, 0.2) is 17.4 Å². The largest absolute Gasteiger partial charge is 0.493 e. The number of ether oxygens (including phenoxy) is 3. The fourth-order valence-electron chi connectivity index (χ4n) is 4.97. The second-order valence-corrected chi connectivity index (χ2v) is 10.1. The smallest absolute Gasteiger partial charge is 0.321 e. The molecule has 38 heavy (non-hydrogen) atoms. The first kappa shape index (κ1) is 27.5. The lowest BCUT2D eigenvalue weighted by Gasteiger charge is -2.38. The molecule has 0 fully saturated rings. The molecule has 1 aliphatic rings. The van der Waals surface area contributed by atoms with Crippen LogP contribution in [0.5, 0.6) is 11.5 Å². The standard InChI is InChI=1S/C30H39N3O5/c1-6-8-11-17-32-28(34)26(29(35)37-7-2)27(33-23-13-10-9-12-22(23)31-30(32)33)21-14-15-24(25(19-21)36-5)38-18-16-20(3)4/h9-10,12-15,19-20,26-27H,6-8,11,16-18H2,1-5H3/t26-,27+/m1/s1. The Morgan fingerprint density at radius 3 is 2.58 bits per heavy atom. The van der Waals surface area contributed by atoms with Gasteiger partial charge in [-0.3, -0.25) is 14.5 Å². The van der Waals surface area contributed by atoms with Crippen molar-refractivity contribution in [1.29, 1.82) is 0 Å². The summed E-state index contributed by atoms with van der Waals surface area (Å²) in [7, 11) is 1.59. The van der Waals surface area contributed by atoms with E-state index < -0.39 is 17.9 Å². The van der Waals surface area contributed by atoms with Gasteiger partial charge in [0.2, 0.25) is 11.9 Å². The molecule has 204 valence electrons. The molecule has 2 atom stereocenters. The molecule has 1 aliphatic heterocycles. The Morgan fingerprint density at radius 1 is 1.08 bits per heavy atom. The van der Waals surface area contributed by atoms with Gasteiger partial charge in [-0.2, -0.15) is 0 Å². The van der Waals surface area contributed by atoms with Gasteiger partial charge in [0.25, 0.3) is 0 Å². The van der Waals surface area contributed by atoms with Gasteiger partial charge in [0.05, 0.1) is 37.4 Å². The number of hydrogen-bond acceptors (Lipinski definition) is 6. The van der Waals surface area contributed by atoms with Gasteiger partial charge in [-0.15, -0.1) is 0 Å². The summed E-state index contributed by atoms with van der Waals surface area (Å²) >= 11 is 0. The number of nitrogens with zero attached hydrogens (tertiary/aromatic N) is 3. The summed E-state index contributed by atoms with van der Waals surface area (Å²) in [6.07, 6.45) is 3.74. The second kappa shape index (κ2) is 12.3. The van der Waals surface area contributed by atoms with Crippen molar-refractivity contribution in [3.8, 4) is 11.5 Å². The minimum Gasteiger partial charge on any atom is -0.493 e. The molecule has 0 aliphatic carbocycles. The van der Waals surface area contributed by atoms with E-state index in [0.29, 0.717) is 36.5 Å². The van der Waals surface area contributed by atoms with E-state index in [9.17, 15) is 9.59 Å². The number of unbranched alkanes of at least 4 members (excludes halogenated alkanes) is 2. The lowest BCUT2D eigenvalue weighted by atomic mass is 9.89. The molecule has 4 rings (SSSR count). The monoisotopic (exact) mass is 521 g/mol. The molecule has 3 aromatic rings. The summed E-state index contributed by atoms with van der Waals surface area (Å²) < 4.78 is 19.2. The molecule has 8 nitrogen and oxygen atoms in total. The van der Waals surface area contributed by atoms with Crippen LogP contribution in [0.25, 0.3) is 11.0 Å². The molecule has 0 spiro atoms. The number of hydrogen-bond donors (Lipinski definition) is 0. The SMILES string of the molecule is CCCCCN1C(=O)[C@H](C(=O)OCC)[C@H](c2ccc(OCCC(C)C)c(OC)c2)n2c1nc1ccccc12. The van der Waals surface area contributed by atoms with Crippen molar-refractivity contribution in [2.45, 2.75) is 59.4 Å². The number of aromatic nitrogens is 2. The van der Waals surface area contributed by atoms with E-state index in [-0.39, 0.29) is 12.5 Å². The molecule has 0 unspecified atom stereocenters. The van der Waals surface area contributed by atoms with Crippen LogP contribution in [0.15, 0.2) is 42.5 Å². The Bertz CT molecular complexity index is 1270. The number of rotatable bonds is 12. The van der Waals surface area contributed by atoms with Crippen LogP contribution in [-0.2, 0) is 14.3 Å². The van der Waals surface area contributed by atoms with Crippen LogP contribution >= 0.6 is 0 Å². The lowest BCUT2D eigenvalue weighted by Crippen LogP contribution is -2.50. The zero-order chi connectivity index (χ0) is 27.2. The number of benzene rings is 2. The summed E-state index contributed by atoms with van der Waals surface area (Å²) in [6.45, 7) is 9.43. The molecule has 0 saturated carbocycles. The second-order valence-electron chi connectivity index (χ2n) is 10.1. The number of esters is 1. The van der Waals surface area contributed by atoms with Crippen molar-refractivity contribution < 1.29 is 23.8 Å². The van der Waals surface area contributed by atoms with Gasteiger partial charge in [0.1, 0.15) is 0 Å². The van der Waals surface area contributed by atoms with Crippen LogP contribution < -0.4 is 14.4 Å². The van der Waals surface area contributed by atoms with Crippen LogP contribution in [0.4, 0.5) is 5.95 Å². The summed E-state index contributed by atoms with van der Waals surface area (Å²) in [5.41, 5.74) is 2.37. The van der Waals surface area contributed by atoms with Crippen molar-refractivity contribution in [3.63, 3.8) is 0 Å². The first-order chi connectivity index (χ1) is 18.4. The summed E-state index contributed by atoms with van der Waals surface area (Å²) in [5.74, 6) is 0.368. The highest BCUT2D eigenvalue weighted by molar-refractivity contribution is 6.08. The first-order valence-electron chi connectivity index (χ1n) is 13.7. The third-order valence-corrected chi connectivity index (χ3v) is 6.95. The third kappa shape index (κ3) is 5.49. The molecule has 0 saturated heterocycles. The van der Waals surface area contributed by atoms with E-state index in [1.165, 1.54) is 0 Å². The van der Waals surface area contributed by atoms with Gasteiger partial charge in [0, 0.05) is 6.54 Å². The summed E-state index contributed by atoms with van der Waals surface area (Å²) in [4.78, 5) is 33.9. The molecule has 0 N–H and O–H groups in total. The first-order valence-corrected chi connectivity index (χ1v) is 13.7. The predicted octanol–water partition coefficient (Wildman–Crippen LogP) is 5.78. The minimum atomic E-state index is -1.06. The quantitative estimate of drug-likeness (QED) is 0.171. The van der Waals surface area contributed by atoms with Gasteiger partial charge >= 0.3 is 5.97 Å². The number of imidazole rings is 1. The van der Waals surface area contributed by atoms with Crippen LogP contribution in [0.2, 0.25) is 0 Å². The summed E-state index contributed by atoms with van der Waals surface area (Å²) in [5, 5.41) is 0. The van der Waals surface area contributed by atoms with E-state index in [1.807, 2.05) is 47.0 Å². The molecule has 2 heterocycles. The van der Waals surface area contributed by atoms with Crippen LogP contribution in [0.3, 0.4) is 0 Å². The van der Waals surface area contributed by atoms with Gasteiger partial charge in [-0.05, 0) is 55.5 Å². The number of amides is 1. The Hall–Kier alpha value is -3.55. The molecule has 8 heteroatoms. The number of anilines is 1. The van der Waals surface area contributed by atoms with Crippen LogP contribution in [0, 0.1) is 11.8 Å². The number of carbonyl (C=O) groups excluding carboxylic acids is 2. The molecular formula is C30H39N3O5. The molecule has 0 radical (unpaired) electrons. The van der Waals surface area contributed by atoms with Crippen molar-refractivity contribution in [1.82, 2.24) is 9.55 Å². The molecule has 2 aromatic carbocycles. The Kier molecular flexibility index (Phi) is 8.92. The lowest BCUT2D eigenvalue weighted by molar-refractivity contribution is -0.153. The van der Waals surface area contributed by atoms with Crippen molar-refractivity contribution >= 4 is 28.9 Å². The molecule has 0 bridgehead atoms. The van der Waals surface area contributed by atoms with Crippen molar-refractivity contribution in [2.75, 3.05) is 31.8 Å². The Balaban J connectivity index is 1.85. The van der Waals surface area contributed by atoms with Gasteiger partial charge in [-0.1, -0.05) is 51.8 Å². The van der Waals surface area contributed by atoms with Crippen molar-refractivity contribution in [3.05, 3.63) is 48.0 Å². The fourth-order valence-corrected chi connectivity index (χ4v) is 4.97. The van der Waals surface area contributed by atoms with Crippen LogP contribution in [0.1, 0.15) is 65.0 Å². The summed E-state index contributed by atoms with van der Waals surface area (Å²) in [6, 6.07) is 12.7. The maximum Gasteiger partial charge on any atom is 0.321 e. The van der Waals surface area contributed by atoms with E-state index in [1.54, 1.807) is 18.9 Å². The van der Waals surface area contributed by atoms with Crippen LogP contribution in [-0.4, -0.2) is 48.3 Å². The maximum absolute atomic E-state index is 14.0. The Labute approximate surface area is 224 Å². The number of fused-ring (bicyclic) bond motifs is 3. The minimum absolute atomic E-state index is 0.189. The average molecular weight is 522 g/mol. The third-order valence-electron chi connectivity index (χ3n) is 6.95. The normalized spacial score (nSPS) is 17.1. The number of methoxy groups -OCH3 is 1. The predicted molar refractivity (Wildman–Crippen MR) is 148 cm³/mol. The van der Waals surface area contributed by atoms with E-state index in [0.717, 1.165) is 42.3 Å². The topological polar surface area (TPSA) is 82.9 Å². The van der Waals surface area contributed by atoms with Crippen molar-refractivity contribution in [2.24, 2.45) is 11.8 Å². The highest BCUT2D eigenvalue weighted by Gasteiger charge is 2.47. The van der Waals surface area contributed by atoms with Gasteiger partial charge in [-0.25, -0.2) is 4.98 Å². The fraction of sp³-hybridized carbons (Fsp3) is 0.500. The zero-order valence-corrected chi connectivity index (χ0v) is 23.1. The van der Waals surface area contributed by atoms with E-state index in [4.69, 9.17) is 19.2 Å². The molecular weight excluding hydrogens is 482 g/mol. The molecule has 1 amide bonds. The number of para-hydroxylation sites is 2. The van der Waals surface area contributed by atoms with Gasteiger partial charge < -0.3 is 18.8 Å². The highest BCUT2D eigenvalue weighted by atomic mass is 16.5. The Morgan fingerprint density at radius 2 is 1.87 bits per heavy atom. The number of carbonyl (C=O) groups is 2.